The first-order valence-electron chi connectivity index (χ1n) is 7.69. The molecule has 1 amide bonds. The van der Waals surface area contributed by atoms with Crippen LogP contribution in [0, 0.1) is 20.8 Å². The van der Waals surface area contributed by atoms with E-state index in [9.17, 15) is 4.79 Å². The highest BCUT2D eigenvalue weighted by Gasteiger charge is 2.13. The van der Waals surface area contributed by atoms with Crippen LogP contribution in [0.3, 0.4) is 0 Å². The summed E-state index contributed by atoms with van der Waals surface area (Å²) in [6.45, 7) is 6.56. The Labute approximate surface area is 135 Å². The first-order valence-corrected chi connectivity index (χ1v) is 7.69. The Morgan fingerprint density at radius 1 is 1.22 bits per heavy atom. The van der Waals surface area contributed by atoms with Crippen LogP contribution in [0.5, 0.6) is 0 Å². The lowest BCUT2D eigenvalue weighted by atomic mass is 10.0. The normalized spacial score (nSPS) is 10.9. The Bertz CT molecular complexity index is 853. The van der Waals surface area contributed by atoms with E-state index >= 15 is 0 Å². The van der Waals surface area contributed by atoms with Crippen molar-refractivity contribution in [1.82, 2.24) is 20.5 Å². The molecule has 23 heavy (non-hydrogen) atoms. The van der Waals surface area contributed by atoms with Crippen molar-refractivity contribution < 1.29 is 4.79 Å². The summed E-state index contributed by atoms with van der Waals surface area (Å²) in [7, 11) is 0. The molecule has 3 aromatic rings. The molecule has 0 saturated carbocycles. The molecule has 0 aliphatic heterocycles. The molecule has 0 aliphatic rings. The Balaban J connectivity index is 1.87. The number of aromatic amines is 1. The number of aromatic nitrogens is 3. The molecule has 2 heterocycles. The molecule has 1 aromatic carbocycles. The molecule has 0 radical (unpaired) electrons. The smallest absolute Gasteiger partial charge is 0.252 e. The fourth-order valence-corrected chi connectivity index (χ4v) is 2.83. The van der Waals surface area contributed by atoms with E-state index in [0.717, 1.165) is 39.7 Å². The van der Waals surface area contributed by atoms with Crippen molar-refractivity contribution in [2.45, 2.75) is 27.2 Å². The van der Waals surface area contributed by atoms with Gasteiger partial charge in [-0.1, -0.05) is 11.6 Å². The molecule has 0 aliphatic carbocycles. The summed E-state index contributed by atoms with van der Waals surface area (Å²) in [6, 6.07) is 5.98. The summed E-state index contributed by atoms with van der Waals surface area (Å²) >= 11 is 0. The van der Waals surface area contributed by atoms with Gasteiger partial charge in [0.1, 0.15) is 0 Å². The lowest BCUT2D eigenvalue weighted by molar-refractivity contribution is 0.0955. The Morgan fingerprint density at radius 2 is 2.04 bits per heavy atom. The van der Waals surface area contributed by atoms with Crippen molar-refractivity contribution in [3.05, 3.63) is 58.5 Å². The van der Waals surface area contributed by atoms with Crippen LogP contribution in [0.25, 0.3) is 10.9 Å². The minimum Gasteiger partial charge on any atom is -0.352 e. The molecule has 3 rings (SSSR count). The van der Waals surface area contributed by atoms with Crippen molar-refractivity contribution in [2.75, 3.05) is 6.54 Å². The van der Waals surface area contributed by atoms with Gasteiger partial charge in [0.25, 0.3) is 5.91 Å². The average molecular weight is 308 g/mol. The van der Waals surface area contributed by atoms with Gasteiger partial charge in [-0.3, -0.25) is 14.9 Å². The number of aryl methyl sites for hydroxylation is 3. The number of hydrogen-bond acceptors (Lipinski definition) is 3. The van der Waals surface area contributed by atoms with E-state index in [-0.39, 0.29) is 5.91 Å². The molecule has 118 valence electrons. The topological polar surface area (TPSA) is 70.7 Å². The first-order chi connectivity index (χ1) is 11.0. The van der Waals surface area contributed by atoms with E-state index in [4.69, 9.17) is 0 Å². The second-order valence-electron chi connectivity index (χ2n) is 5.90. The number of benzene rings is 1. The quantitative estimate of drug-likeness (QED) is 0.778. The Kier molecular flexibility index (Phi) is 4.10. The van der Waals surface area contributed by atoms with Gasteiger partial charge in [-0.15, -0.1) is 0 Å². The van der Waals surface area contributed by atoms with Crippen LogP contribution in [0.1, 0.15) is 32.7 Å². The lowest BCUT2D eigenvalue weighted by Gasteiger charge is -2.11. The van der Waals surface area contributed by atoms with Gasteiger partial charge in [0.15, 0.2) is 0 Å². The fraction of sp³-hybridized carbons (Fsp3) is 0.278. The zero-order valence-corrected chi connectivity index (χ0v) is 13.6. The van der Waals surface area contributed by atoms with Crippen molar-refractivity contribution in [2.24, 2.45) is 0 Å². The predicted molar refractivity (Wildman–Crippen MR) is 90.6 cm³/mol. The number of rotatable bonds is 4. The van der Waals surface area contributed by atoms with Crippen LogP contribution in [0.2, 0.25) is 0 Å². The minimum absolute atomic E-state index is 0.0611. The van der Waals surface area contributed by atoms with Gasteiger partial charge in [-0.2, -0.15) is 5.10 Å². The first kappa shape index (κ1) is 15.2. The number of nitrogens with zero attached hydrogens (tertiary/aromatic N) is 2. The SMILES string of the molecule is Cc1cc(C)c2nc(C)cc(C(=O)NCCc3cn[nH]c3)c2c1. The van der Waals surface area contributed by atoms with Gasteiger partial charge >= 0.3 is 0 Å². The zero-order chi connectivity index (χ0) is 16.4. The van der Waals surface area contributed by atoms with E-state index in [1.807, 2.05) is 39.1 Å². The number of H-pyrrole nitrogens is 1. The van der Waals surface area contributed by atoms with Crippen LogP contribution < -0.4 is 5.32 Å². The summed E-state index contributed by atoms with van der Waals surface area (Å²) in [4.78, 5) is 17.2. The average Bonchev–Trinajstić information content (AvgIpc) is 3.00. The molecule has 2 N–H and O–H groups in total. The van der Waals surface area contributed by atoms with E-state index in [1.165, 1.54) is 0 Å². The number of carbonyl (C=O) groups is 1. The van der Waals surface area contributed by atoms with Crippen molar-refractivity contribution in [3.8, 4) is 0 Å². The second-order valence-corrected chi connectivity index (χ2v) is 5.90. The van der Waals surface area contributed by atoms with E-state index < -0.39 is 0 Å². The standard InChI is InChI=1S/C18H20N4O/c1-11-6-12(2)17-15(7-11)16(8-13(3)22-17)18(23)19-5-4-14-9-20-21-10-14/h6-10H,4-5H2,1-3H3,(H,19,23)(H,20,21). The third kappa shape index (κ3) is 3.23. The molecule has 0 unspecified atom stereocenters. The number of fused-ring (bicyclic) bond motifs is 1. The van der Waals surface area contributed by atoms with Crippen LogP contribution in [0.15, 0.2) is 30.6 Å². The number of nitrogens with one attached hydrogen (secondary N) is 2. The number of hydrogen-bond donors (Lipinski definition) is 2. The minimum atomic E-state index is -0.0611. The van der Waals surface area contributed by atoms with Gasteiger partial charge in [0.05, 0.1) is 17.3 Å². The molecule has 0 atom stereocenters. The van der Waals surface area contributed by atoms with Crippen LogP contribution in [0.4, 0.5) is 0 Å². The largest absolute Gasteiger partial charge is 0.352 e. The maximum absolute atomic E-state index is 12.6. The maximum Gasteiger partial charge on any atom is 0.252 e. The van der Waals surface area contributed by atoms with E-state index in [1.54, 1.807) is 6.20 Å². The third-order valence-electron chi connectivity index (χ3n) is 3.88. The summed E-state index contributed by atoms with van der Waals surface area (Å²) in [5.41, 5.74) is 5.74. The fourth-order valence-electron chi connectivity index (χ4n) is 2.83. The van der Waals surface area contributed by atoms with Crippen LogP contribution >= 0.6 is 0 Å². The number of pyridine rings is 1. The van der Waals surface area contributed by atoms with Gasteiger partial charge in [0.2, 0.25) is 0 Å². The third-order valence-corrected chi connectivity index (χ3v) is 3.88. The highest BCUT2D eigenvalue weighted by molar-refractivity contribution is 6.07. The molecule has 5 nitrogen and oxygen atoms in total. The second kappa shape index (κ2) is 6.20. The summed E-state index contributed by atoms with van der Waals surface area (Å²) in [5, 5.41) is 10.6. The molecule has 2 aromatic heterocycles. The van der Waals surface area contributed by atoms with Gasteiger partial charge in [-0.25, -0.2) is 0 Å². The molecule has 0 fully saturated rings. The monoisotopic (exact) mass is 308 g/mol. The Hall–Kier alpha value is -2.69. The predicted octanol–water partition coefficient (Wildman–Crippen LogP) is 2.86. The molecular weight excluding hydrogens is 288 g/mol. The molecule has 0 bridgehead atoms. The van der Waals surface area contributed by atoms with Crippen LogP contribution in [-0.2, 0) is 6.42 Å². The van der Waals surface area contributed by atoms with Crippen LogP contribution in [-0.4, -0.2) is 27.6 Å². The van der Waals surface area contributed by atoms with E-state index in [0.29, 0.717) is 12.1 Å². The van der Waals surface area contributed by atoms with Gasteiger partial charge in [0, 0.05) is 23.8 Å². The highest BCUT2D eigenvalue weighted by atomic mass is 16.1. The number of carbonyl (C=O) groups excluding carboxylic acids is 1. The number of amides is 1. The lowest BCUT2D eigenvalue weighted by Crippen LogP contribution is -2.26. The van der Waals surface area contributed by atoms with Gasteiger partial charge < -0.3 is 5.32 Å². The maximum atomic E-state index is 12.6. The van der Waals surface area contributed by atoms with Crippen molar-refractivity contribution in [1.29, 1.82) is 0 Å². The van der Waals surface area contributed by atoms with Gasteiger partial charge in [-0.05, 0) is 50.5 Å². The summed E-state index contributed by atoms with van der Waals surface area (Å²) in [5.74, 6) is -0.0611. The van der Waals surface area contributed by atoms with Crippen molar-refractivity contribution >= 4 is 16.8 Å². The van der Waals surface area contributed by atoms with Crippen molar-refractivity contribution in [3.63, 3.8) is 0 Å². The molecule has 0 saturated heterocycles. The molecule has 0 spiro atoms. The van der Waals surface area contributed by atoms with E-state index in [2.05, 4.69) is 26.6 Å². The highest BCUT2D eigenvalue weighted by Crippen LogP contribution is 2.23. The Morgan fingerprint density at radius 3 is 2.78 bits per heavy atom. The zero-order valence-electron chi connectivity index (χ0n) is 13.6. The summed E-state index contributed by atoms with van der Waals surface area (Å²) < 4.78 is 0. The summed E-state index contributed by atoms with van der Waals surface area (Å²) in [6.07, 6.45) is 4.36. The molecular formula is C18H20N4O. The molecule has 5 heteroatoms.